The van der Waals surface area contributed by atoms with Crippen molar-refractivity contribution in [3.63, 3.8) is 0 Å². The number of alkyl halides is 3. The molecule has 8 nitrogen and oxygen atoms in total. The van der Waals surface area contributed by atoms with Gasteiger partial charge in [-0.25, -0.2) is 14.6 Å². The average Bonchev–Trinajstić information content (AvgIpc) is 3.24. The highest BCUT2D eigenvalue weighted by Crippen LogP contribution is 2.27. The lowest BCUT2D eigenvalue weighted by Gasteiger charge is -2.21. The summed E-state index contributed by atoms with van der Waals surface area (Å²) in [7, 11) is 1.91. The monoisotopic (exact) mass is 446 g/mol. The SMILES string of the molecule is CCNC(=NCCNc1nccc(C(F)(F)F)n1)N(C)Cc1cnn(-c2ccccc2)c1. The quantitative estimate of drug-likeness (QED) is 0.314. The smallest absolute Gasteiger partial charge is 0.357 e. The Morgan fingerprint density at radius 3 is 2.69 bits per heavy atom. The Morgan fingerprint density at radius 2 is 1.97 bits per heavy atom. The third-order valence-corrected chi connectivity index (χ3v) is 4.38. The Balaban J connectivity index is 1.57. The van der Waals surface area contributed by atoms with Crippen molar-refractivity contribution in [2.75, 3.05) is 32.0 Å². The lowest BCUT2D eigenvalue weighted by atomic mass is 10.3. The summed E-state index contributed by atoms with van der Waals surface area (Å²) < 4.78 is 40.1. The van der Waals surface area contributed by atoms with Crippen molar-refractivity contribution in [2.24, 2.45) is 4.99 Å². The molecule has 0 aliphatic heterocycles. The maximum atomic E-state index is 12.8. The van der Waals surface area contributed by atoms with Crippen LogP contribution < -0.4 is 10.6 Å². The Hall–Kier alpha value is -3.63. The van der Waals surface area contributed by atoms with Gasteiger partial charge in [-0.05, 0) is 25.1 Å². The number of hydrogen-bond donors (Lipinski definition) is 2. The molecule has 170 valence electrons. The molecule has 0 atom stereocenters. The van der Waals surface area contributed by atoms with E-state index in [9.17, 15) is 13.2 Å². The summed E-state index contributed by atoms with van der Waals surface area (Å²) in [6.07, 6.45) is 0.336. The number of benzene rings is 1. The topological polar surface area (TPSA) is 83.3 Å². The second kappa shape index (κ2) is 10.6. The van der Waals surface area contributed by atoms with Gasteiger partial charge in [0.05, 0.1) is 18.4 Å². The highest BCUT2D eigenvalue weighted by atomic mass is 19.4. The highest BCUT2D eigenvalue weighted by Gasteiger charge is 2.32. The second-order valence-electron chi connectivity index (χ2n) is 6.91. The molecule has 0 bridgehead atoms. The third-order valence-electron chi connectivity index (χ3n) is 4.38. The van der Waals surface area contributed by atoms with Crippen LogP contribution in [0.3, 0.4) is 0 Å². The minimum atomic E-state index is -4.51. The van der Waals surface area contributed by atoms with E-state index >= 15 is 0 Å². The van der Waals surface area contributed by atoms with Crippen LogP contribution in [-0.2, 0) is 12.7 Å². The molecule has 0 saturated heterocycles. The van der Waals surface area contributed by atoms with Crippen molar-refractivity contribution < 1.29 is 13.2 Å². The number of para-hydroxylation sites is 1. The fraction of sp³-hybridized carbons (Fsp3) is 0.333. The molecule has 0 spiro atoms. The average molecular weight is 446 g/mol. The van der Waals surface area contributed by atoms with Crippen LogP contribution in [0.1, 0.15) is 18.2 Å². The van der Waals surface area contributed by atoms with Crippen molar-refractivity contribution >= 4 is 11.9 Å². The number of nitrogens with one attached hydrogen (secondary N) is 2. The van der Waals surface area contributed by atoms with E-state index in [1.807, 2.05) is 60.1 Å². The molecule has 0 fully saturated rings. The van der Waals surface area contributed by atoms with Gasteiger partial charge < -0.3 is 15.5 Å². The molecule has 32 heavy (non-hydrogen) atoms. The maximum absolute atomic E-state index is 12.8. The normalized spacial score (nSPS) is 12.0. The van der Waals surface area contributed by atoms with Gasteiger partial charge in [0.1, 0.15) is 5.69 Å². The van der Waals surface area contributed by atoms with Gasteiger partial charge in [-0.3, -0.25) is 4.99 Å². The predicted octanol–water partition coefficient (Wildman–Crippen LogP) is 3.19. The molecule has 3 rings (SSSR count). The number of guanidine groups is 1. The zero-order valence-electron chi connectivity index (χ0n) is 17.8. The van der Waals surface area contributed by atoms with E-state index in [1.165, 1.54) is 0 Å². The van der Waals surface area contributed by atoms with E-state index in [1.54, 1.807) is 6.20 Å². The summed E-state index contributed by atoms with van der Waals surface area (Å²) in [5.41, 5.74) is 1.00. The molecule has 0 unspecified atom stereocenters. The number of nitrogens with zero attached hydrogens (tertiary/aromatic N) is 6. The van der Waals surface area contributed by atoms with E-state index in [2.05, 4.69) is 30.7 Å². The first-order valence-electron chi connectivity index (χ1n) is 10.1. The fourth-order valence-electron chi connectivity index (χ4n) is 2.91. The lowest BCUT2D eigenvalue weighted by molar-refractivity contribution is -0.141. The lowest BCUT2D eigenvalue weighted by Crippen LogP contribution is -2.38. The summed E-state index contributed by atoms with van der Waals surface area (Å²) in [4.78, 5) is 13.8. The fourth-order valence-corrected chi connectivity index (χ4v) is 2.91. The standard InChI is InChI=1S/C21H25F3N8/c1-3-25-20(28-12-11-27-19-26-10-9-18(30-19)21(22,23)24)31(2)14-16-13-29-32(15-16)17-7-5-4-6-8-17/h4-10,13,15H,3,11-12,14H2,1-2H3,(H,25,28)(H,26,27,30). The largest absolute Gasteiger partial charge is 0.433 e. The molecule has 3 aromatic rings. The van der Waals surface area contributed by atoms with Gasteiger partial charge in [0, 0.05) is 44.6 Å². The van der Waals surface area contributed by atoms with Gasteiger partial charge in [0.2, 0.25) is 5.95 Å². The van der Waals surface area contributed by atoms with Gasteiger partial charge in [0.15, 0.2) is 5.96 Å². The van der Waals surface area contributed by atoms with Gasteiger partial charge in [-0.2, -0.15) is 18.3 Å². The number of aliphatic imine (C=N–C) groups is 1. The summed E-state index contributed by atoms with van der Waals surface area (Å²) >= 11 is 0. The minimum absolute atomic E-state index is 0.0818. The van der Waals surface area contributed by atoms with Crippen LogP contribution in [0.25, 0.3) is 5.69 Å². The number of hydrogen-bond acceptors (Lipinski definition) is 5. The number of rotatable bonds is 8. The first kappa shape index (κ1) is 23.0. The molecule has 0 aliphatic rings. The maximum Gasteiger partial charge on any atom is 0.433 e. The highest BCUT2D eigenvalue weighted by molar-refractivity contribution is 5.79. The van der Waals surface area contributed by atoms with Crippen LogP contribution in [0.4, 0.5) is 19.1 Å². The van der Waals surface area contributed by atoms with Crippen molar-refractivity contribution in [2.45, 2.75) is 19.6 Å². The van der Waals surface area contributed by atoms with Crippen molar-refractivity contribution in [1.82, 2.24) is 30.0 Å². The summed E-state index contributed by atoms with van der Waals surface area (Å²) in [5, 5.41) is 10.4. The number of aromatic nitrogens is 4. The molecule has 11 heteroatoms. The molecule has 0 amide bonds. The first-order valence-corrected chi connectivity index (χ1v) is 10.1. The van der Waals surface area contributed by atoms with Crippen LogP contribution in [-0.4, -0.2) is 57.3 Å². The zero-order chi connectivity index (χ0) is 23.0. The zero-order valence-corrected chi connectivity index (χ0v) is 17.8. The summed E-state index contributed by atoms with van der Waals surface area (Å²) in [6.45, 7) is 3.84. The number of halogens is 3. The van der Waals surface area contributed by atoms with E-state index in [0.717, 1.165) is 23.5 Å². The Bertz CT molecular complexity index is 1020. The first-order chi connectivity index (χ1) is 15.4. The van der Waals surface area contributed by atoms with Crippen LogP contribution in [0, 0.1) is 0 Å². The van der Waals surface area contributed by atoms with Crippen LogP contribution in [0.2, 0.25) is 0 Å². The van der Waals surface area contributed by atoms with Gasteiger partial charge in [-0.15, -0.1) is 0 Å². The third kappa shape index (κ3) is 6.43. The van der Waals surface area contributed by atoms with Gasteiger partial charge in [-0.1, -0.05) is 18.2 Å². The molecule has 2 heterocycles. The van der Waals surface area contributed by atoms with Crippen LogP contribution in [0.5, 0.6) is 0 Å². The van der Waals surface area contributed by atoms with E-state index < -0.39 is 11.9 Å². The van der Waals surface area contributed by atoms with Crippen molar-refractivity contribution in [1.29, 1.82) is 0 Å². The second-order valence-corrected chi connectivity index (χ2v) is 6.91. The van der Waals surface area contributed by atoms with E-state index in [4.69, 9.17) is 0 Å². The summed E-state index contributed by atoms with van der Waals surface area (Å²) in [6, 6.07) is 10.7. The molecule has 0 aliphatic carbocycles. The van der Waals surface area contributed by atoms with Gasteiger partial charge in [0.25, 0.3) is 0 Å². The van der Waals surface area contributed by atoms with E-state index in [-0.39, 0.29) is 12.5 Å². The predicted molar refractivity (Wildman–Crippen MR) is 117 cm³/mol. The summed E-state index contributed by atoms with van der Waals surface area (Å²) in [5.74, 6) is 0.591. The Morgan fingerprint density at radius 1 is 1.19 bits per heavy atom. The molecule has 0 saturated carbocycles. The van der Waals surface area contributed by atoms with Gasteiger partial charge >= 0.3 is 6.18 Å². The molecule has 2 N–H and O–H groups in total. The number of anilines is 1. The Kier molecular flexibility index (Phi) is 7.63. The molecule has 2 aromatic heterocycles. The molecular formula is C21H25F3N8. The van der Waals surface area contributed by atoms with Crippen molar-refractivity contribution in [3.05, 3.63) is 66.2 Å². The van der Waals surface area contributed by atoms with Crippen LogP contribution >= 0.6 is 0 Å². The van der Waals surface area contributed by atoms with Crippen LogP contribution in [0.15, 0.2) is 60.0 Å². The molecule has 1 aromatic carbocycles. The van der Waals surface area contributed by atoms with Crippen molar-refractivity contribution in [3.8, 4) is 5.69 Å². The molecule has 0 radical (unpaired) electrons. The molecular weight excluding hydrogens is 421 g/mol. The van der Waals surface area contributed by atoms with E-state index in [0.29, 0.717) is 25.6 Å². The minimum Gasteiger partial charge on any atom is -0.357 e. The Labute approximate surface area is 184 Å².